The number of nitrogens with zero attached hydrogens (tertiary/aromatic N) is 2. The van der Waals surface area contributed by atoms with Gasteiger partial charge in [0.05, 0.1) is 7.11 Å². The average Bonchev–Trinajstić information content (AvgIpc) is 2.71. The molecule has 0 amide bonds. The van der Waals surface area contributed by atoms with Crippen LogP contribution >= 0.6 is 0 Å². The highest BCUT2D eigenvalue weighted by Crippen LogP contribution is 2.18. The van der Waals surface area contributed by atoms with Crippen LogP contribution in [0.3, 0.4) is 0 Å². The molecule has 0 bridgehead atoms. The molecule has 0 aliphatic carbocycles. The van der Waals surface area contributed by atoms with E-state index in [0.717, 1.165) is 5.56 Å². The lowest BCUT2D eigenvalue weighted by Crippen LogP contribution is -2.01. The van der Waals surface area contributed by atoms with Crippen LogP contribution in [0, 0.1) is 5.82 Å². The molecule has 0 fully saturated rings. The highest BCUT2D eigenvalue weighted by Gasteiger charge is 2.05. The number of methoxy groups -OCH3 is 1. The van der Waals surface area contributed by atoms with Crippen LogP contribution in [0.4, 0.5) is 10.2 Å². The zero-order chi connectivity index (χ0) is 13.1. The van der Waals surface area contributed by atoms with Crippen LogP contribution in [0.5, 0.6) is 11.6 Å². The normalized spacial score (nSPS) is 10.4. The number of nitrogens with one attached hydrogen (secondary N) is 1. The van der Waals surface area contributed by atoms with Gasteiger partial charge in [0.2, 0.25) is 5.88 Å². The van der Waals surface area contributed by atoms with Crippen molar-refractivity contribution in [1.82, 2.24) is 9.78 Å². The summed E-state index contributed by atoms with van der Waals surface area (Å²) in [5, 5.41) is 16.3. The fourth-order valence-electron chi connectivity index (χ4n) is 1.58. The standard InChI is InChI=1S/C12H14FN3O2/c1-16-12(18-2)6-11(15-16)14-7-8-3-4-10(17)9(13)5-8/h3-6,17H,7H2,1-2H3,(H,14,15). The second-order valence-corrected chi connectivity index (χ2v) is 3.83. The largest absolute Gasteiger partial charge is 0.505 e. The Morgan fingerprint density at radius 2 is 2.22 bits per heavy atom. The summed E-state index contributed by atoms with van der Waals surface area (Å²) in [5.41, 5.74) is 0.718. The van der Waals surface area contributed by atoms with Gasteiger partial charge in [-0.3, -0.25) is 0 Å². The maximum atomic E-state index is 13.1. The molecule has 96 valence electrons. The van der Waals surface area contributed by atoms with Crippen LogP contribution < -0.4 is 10.1 Å². The lowest BCUT2D eigenvalue weighted by atomic mass is 10.2. The molecule has 0 saturated carbocycles. The minimum absolute atomic E-state index is 0.349. The number of benzene rings is 1. The number of phenols is 1. The van der Waals surface area contributed by atoms with E-state index in [9.17, 15) is 4.39 Å². The summed E-state index contributed by atoms with van der Waals surface area (Å²) in [4.78, 5) is 0. The first kappa shape index (κ1) is 12.2. The van der Waals surface area contributed by atoms with Gasteiger partial charge >= 0.3 is 0 Å². The van der Waals surface area contributed by atoms with Gasteiger partial charge in [0.25, 0.3) is 0 Å². The van der Waals surface area contributed by atoms with Gasteiger partial charge in [0.15, 0.2) is 17.4 Å². The van der Waals surface area contributed by atoms with Crippen LogP contribution in [0.1, 0.15) is 5.56 Å². The molecular formula is C12H14FN3O2. The second-order valence-electron chi connectivity index (χ2n) is 3.83. The molecule has 1 aromatic carbocycles. The number of hydrogen-bond acceptors (Lipinski definition) is 4. The Bertz CT molecular complexity index is 554. The summed E-state index contributed by atoms with van der Waals surface area (Å²) in [6.07, 6.45) is 0. The third-order valence-corrected chi connectivity index (χ3v) is 2.53. The van der Waals surface area contributed by atoms with E-state index in [1.54, 1.807) is 31.0 Å². The van der Waals surface area contributed by atoms with Crippen molar-refractivity contribution in [3.63, 3.8) is 0 Å². The topological polar surface area (TPSA) is 59.3 Å². The number of halogens is 1. The van der Waals surface area contributed by atoms with E-state index in [2.05, 4.69) is 10.4 Å². The predicted octanol–water partition coefficient (Wildman–Crippen LogP) is 1.89. The molecule has 0 unspecified atom stereocenters. The second kappa shape index (κ2) is 4.95. The molecule has 1 aromatic heterocycles. The van der Waals surface area contributed by atoms with E-state index in [1.165, 1.54) is 12.1 Å². The average molecular weight is 251 g/mol. The Balaban J connectivity index is 2.04. The van der Waals surface area contributed by atoms with Crippen LogP contribution in [0.15, 0.2) is 24.3 Å². The summed E-state index contributed by atoms with van der Waals surface area (Å²) in [6, 6.07) is 6.00. The first-order valence-corrected chi connectivity index (χ1v) is 5.39. The van der Waals surface area contributed by atoms with Gasteiger partial charge in [0, 0.05) is 19.7 Å². The summed E-state index contributed by atoms with van der Waals surface area (Å²) >= 11 is 0. The molecule has 0 saturated heterocycles. The van der Waals surface area contributed by atoms with Gasteiger partial charge in [-0.05, 0) is 17.7 Å². The lowest BCUT2D eigenvalue weighted by Gasteiger charge is -2.03. The molecule has 0 radical (unpaired) electrons. The number of aromatic hydroxyl groups is 1. The molecule has 0 aliphatic heterocycles. The van der Waals surface area contributed by atoms with E-state index in [4.69, 9.17) is 9.84 Å². The molecule has 1 heterocycles. The van der Waals surface area contributed by atoms with Gasteiger partial charge in [-0.15, -0.1) is 0 Å². The van der Waals surface area contributed by atoms with E-state index in [0.29, 0.717) is 18.2 Å². The van der Waals surface area contributed by atoms with Crippen molar-refractivity contribution in [2.75, 3.05) is 12.4 Å². The maximum Gasteiger partial charge on any atom is 0.213 e. The molecule has 0 aliphatic rings. The molecule has 18 heavy (non-hydrogen) atoms. The predicted molar refractivity (Wildman–Crippen MR) is 65.2 cm³/mol. The number of anilines is 1. The van der Waals surface area contributed by atoms with Crippen LogP contribution in [-0.2, 0) is 13.6 Å². The van der Waals surface area contributed by atoms with Crippen molar-refractivity contribution in [3.8, 4) is 11.6 Å². The Labute approximate surface area is 104 Å². The highest BCUT2D eigenvalue weighted by molar-refractivity contribution is 5.40. The van der Waals surface area contributed by atoms with Crippen molar-refractivity contribution >= 4 is 5.82 Å². The molecule has 2 N–H and O–H groups in total. The fraction of sp³-hybridized carbons (Fsp3) is 0.250. The maximum absolute atomic E-state index is 13.1. The summed E-state index contributed by atoms with van der Waals surface area (Å²) in [7, 11) is 3.33. The molecule has 0 atom stereocenters. The Morgan fingerprint density at radius 3 is 2.83 bits per heavy atom. The summed E-state index contributed by atoms with van der Waals surface area (Å²) in [5.74, 6) is 0.295. The molecule has 2 rings (SSSR count). The minimum atomic E-state index is -0.632. The Hall–Kier alpha value is -2.24. The van der Waals surface area contributed by atoms with Crippen molar-refractivity contribution in [1.29, 1.82) is 0 Å². The van der Waals surface area contributed by atoms with Gasteiger partial charge in [-0.25, -0.2) is 9.07 Å². The number of ether oxygens (including phenoxy) is 1. The van der Waals surface area contributed by atoms with Gasteiger partial charge in [-0.1, -0.05) is 6.07 Å². The minimum Gasteiger partial charge on any atom is -0.505 e. The van der Waals surface area contributed by atoms with E-state index < -0.39 is 5.82 Å². The molecular weight excluding hydrogens is 237 g/mol. The van der Waals surface area contributed by atoms with Crippen molar-refractivity contribution < 1.29 is 14.2 Å². The van der Waals surface area contributed by atoms with E-state index >= 15 is 0 Å². The van der Waals surface area contributed by atoms with E-state index in [1.807, 2.05) is 0 Å². The zero-order valence-electron chi connectivity index (χ0n) is 10.1. The third kappa shape index (κ3) is 2.53. The molecule has 5 nitrogen and oxygen atoms in total. The zero-order valence-corrected chi connectivity index (χ0v) is 10.1. The Kier molecular flexibility index (Phi) is 3.36. The smallest absolute Gasteiger partial charge is 0.213 e. The van der Waals surface area contributed by atoms with Crippen molar-refractivity contribution in [2.24, 2.45) is 7.05 Å². The number of aromatic nitrogens is 2. The first-order chi connectivity index (χ1) is 8.60. The van der Waals surface area contributed by atoms with Crippen LogP contribution in [0.25, 0.3) is 0 Å². The lowest BCUT2D eigenvalue weighted by molar-refractivity contribution is 0.373. The van der Waals surface area contributed by atoms with Crippen molar-refractivity contribution in [2.45, 2.75) is 6.54 Å². The number of rotatable bonds is 4. The fourth-order valence-corrected chi connectivity index (χ4v) is 1.58. The van der Waals surface area contributed by atoms with Crippen LogP contribution in [0.2, 0.25) is 0 Å². The van der Waals surface area contributed by atoms with Crippen molar-refractivity contribution in [3.05, 3.63) is 35.6 Å². The molecule has 2 aromatic rings. The van der Waals surface area contributed by atoms with Gasteiger partial charge in [0.1, 0.15) is 0 Å². The number of aryl methyl sites for hydroxylation is 1. The summed E-state index contributed by atoms with van der Waals surface area (Å²) in [6.45, 7) is 0.414. The molecule has 6 heteroatoms. The highest BCUT2D eigenvalue weighted by atomic mass is 19.1. The SMILES string of the molecule is COc1cc(NCc2ccc(O)c(F)c2)nn1C. The van der Waals surface area contributed by atoms with Gasteiger partial charge < -0.3 is 15.2 Å². The quantitative estimate of drug-likeness (QED) is 0.871. The number of hydrogen-bond donors (Lipinski definition) is 2. The number of phenolic OH excluding ortho intramolecular Hbond substituents is 1. The summed E-state index contributed by atoms with van der Waals surface area (Å²) < 4.78 is 19.8. The van der Waals surface area contributed by atoms with Crippen LogP contribution in [-0.4, -0.2) is 22.0 Å². The Morgan fingerprint density at radius 1 is 1.44 bits per heavy atom. The van der Waals surface area contributed by atoms with Gasteiger partial charge in [-0.2, -0.15) is 5.10 Å². The molecule has 0 spiro atoms. The van der Waals surface area contributed by atoms with E-state index in [-0.39, 0.29) is 5.75 Å². The third-order valence-electron chi connectivity index (χ3n) is 2.53. The first-order valence-electron chi connectivity index (χ1n) is 5.39. The monoisotopic (exact) mass is 251 g/mol.